The minimum Gasteiger partial charge on any atom is -0.313 e. The molecule has 2 aliphatic carbocycles. The minimum atomic E-state index is -0.210. The number of rotatable bonds is 5. The van der Waals surface area contributed by atoms with Gasteiger partial charge in [0.1, 0.15) is 5.82 Å². The van der Waals surface area contributed by atoms with Crippen molar-refractivity contribution in [1.82, 2.24) is 5.32 Å². The van der Waals surface area contributed by atoms with Crippen molar-refractivity contribution in [3.63, 3.8) is 0 Å². The summed E-state index contributed by atoms with van der Waals surface area (Å²) in [6.45, 7) is 0.895. The average Bonchev–Trinajstić information content (AvgIpc) is 3.07. The molecule has 0 spiro atoms. The molecular formula is C16H21ClFN. The van der Waals surface area contributed by atoms with Gasteiger partial charge in [0.05, 0.1) is 5.02 Å². The number of nitrogens with one attached hydrogen (secondary N) is 1. The van der Waals surface area contributed by atoms with E-state index in [0.717, 1.165) is 12.1 Å². The molecule has 0 radical (unpaired) electrons. The molecule has 0 aliphatic heterocycles. The lowest BCUT2D eigenvalue weighted by Crippen LogP contribution is -2.28. The molecule has 3 rings (SSSR count). The van der Waals surface area contributed by atoms with Crippen molar-refractivity contribution in [3.05, 3.63) is 34.6 Å². The second-order valence-electron chi connectivity index (χ2n) is 5.98. The van der Waals surface area contributed by atoms with Crippen LogP contribution in [0.4, 0.5) is 4.39 Å². The van der Waals surface area contributed by atoms with Gasteiger partial charge in [0, 0.05) is 18.5 Å². The Balaban J connectivity index is 1.81. The normalized spacial score (nSPS) is 21.8. The van der Waals surface area contributed by atoms with Crippen molar-refractivity contribution in [2.75, 3.05) is 6.54 Å². The summed E-state index contributed by atoms with van der Waals surface area (Å²) in [6, 6.07) is 6.10. The second-order valence-corrected chi connectivity index (χ2v) is 6.38. The fourth-order valence-electron chi connectivity index (χ4n) is 3.28. The fraction of sp³-hybridized carbons (Fsp3) is 0.625. The summed E-state index contributed by atoms with van der Waals surface area (Å²) in [7, 11) is 0. The quantitative estimate of drug-likeness (QED) is 0.838. The lowest BCUT2D eigenvalue weighted by Gasteiger charge is -2.25. The molecule has 3 heteroatoms. The van der Waals surface area contributed by atoms with E-state index in [9.17, 15) is 4.39 Å². The van der Waals surface area contributed by atoms with Gasteiger partial charge in [0.2, 0.25) is 0 Å². The highest BCUT2D eigenvalue weighted by atomic mass is 35.5. The first kappa shape index (κ1) is 13.4. The number of halogens is 2. The summed E-state index contributed by atoms with van der Waals surface area (Å²) in [5.41, 5.74) is 0.813. The van der Waals surface area contributed by atoms with Crippen molar-refractivity contribution < 1.29 is 4.39 Å². The van der Waals surface area contributed by atoms with Gasteiger partial charge >= 0.3 is 0 Å². The molecule has 1 N–H and O–H groups in total. The van der Waals surface area contributed by atoms with E-state index in [1.165, 1.54) is 38.5 Å². The first-order valence-electron chi connectivity index (χ1n) is 7.43. The van der Waals surface area contributed by atoms with Crippen LogP contribution < -0.4 is 5.32 Å². The maximum atomic E-state index is 14.3. The van der Waals surface area contributed by atoms with Crippen LogP contribution in [0.1, 0.15) is 50.0 Å². The Kier molecular flexibility index (Phi) is 4.09. The predicted octanol–water partition coefficient (Wildman–Crippen LogP) is 4.50. The molecule has 0 heterocycles. The van der Waals surface area contributed by atoms with Crippen molar-refractivity contribution in [3.8, 4) is 0 Å². The number of hydrogen-bond acceptors (Lipinski definition) is 1. The van der Waals surface area contributed by atoms with Crippen LogP contribution in [-0.4, -0.2) is 12.6 Å². The lowest BCUT2D eigenvalue weighted by atomic mass is 9.84. The molecule has 0 bridgehead atoms. The number of benzene rings is 1. The summed E-state index contributed by atoms with van der Waals surface area (Å²) >= 11 is 5.94. The molecule has 2 saturated carbocycles. The molecule has 1 aromatic carbocycles. The second kappa shape index (κ2) is 5.80. The van der Waals surface area contributed by atoms with Crippen LogP contribution in [0.15, 0.2) is 18.2 Å². The average molecular weight is 282 g/mol. The molecule has 1 nitrogen and oxygen atoms in total. The topological polar surface area (TPSA) is 12.0 Å². The molecule has 2 aliphatic rings. The molecule has 1 atom stereocenters. The van der Waals surface area contributed by atoms with E-state index in [1.54, 1.807) is 6.07 Å². The molecule has 1 unspecified atom stereocenters. The SMILES string of the molecule is Fc1c(Cl)cccc1C(CNC1CC1)C1CCCC1. The van der Waals surface area contributed by atoms with Crippen LogP contribution in [0.3, 0.4) is 0 Å². The maximum absolute atomic E-state index is 14.3. The van der Waals surface area contributed by atoms with Gasteiger partial charge in [-0.1, -0.05) is 36.6 Å². The molecule has 19 heavy (non-hydrogen) atoms. The zero-order valence-corrected chi connectivity index (χ0v) is 11.9. The van der Waals surface area contributed by atoms with Gasteiger partial charge in [-0.3, -0.25) is 0 Å². The highest BCUT2D eigenvalue weighted by Crippen LogP contribution is 2.39. The first-order valence-corrected chi connectivity index (χ1v) is 7.81. The van der Waals surface area contributed by atoms with E-state index >= 15 is 0 Å². The Morgan fingerprint density at radius 2 is 1.95 bits per heavy atom. The number of hydrogen-bond donors (Lipinski definition) is 1. The third kappa shape index (κ3) is 3.11. The highest BCUT2D eigenvalue weighted by molar-refractivity contribution is 6.30. The summed E-state index contributed by atoms with van der Waals surface area (Å²) in [4.78, 5) is 0. The van der Waals surface area contributed by atoms with Crippen LogP contribution in [0.25, 0.3) is 0 Å². The maximum Gasteiger partial charge on any atom is 0.145 e. The molecule has 1 aromatic rings. The molecular weight excluding hydrogens is 261 g/mol. The van der Waals surface area contributed by atoms with E-state index in [-0.39, 0.29) is 16.8 Å². The van der Waals surface area contributed by atoms with Crippen molar-refractivity contribution in [2.24, 2.45) is 5.92 Å². The van der Waals surface area contributed by atoms with Crippen molar-refractivity contribution in [1.29, 1.82) is 0 Å². The summed E-state index contributed by atoms with van der Waals surface area (Å²) in [5, 5.41) is 3.83. The third-order valence-corrected chi connectivity index (χ3v) is 4.85. The van der Waals surface area contributed by atoms with E-state index in [1.807, 2.05) is 12.1 Å². The van der Waals surface area contributed by atoms with Gasteiger partial charge in [0.25, 0.3) is 0 Å². The Hall–Kier alpha value is -0.600. The van der Waals surface area contributed by atoms with Crippen LogP contribution in [0.5, 0.6) is 0 Å². The summed E-state index contributed by atoms with van der Waals surface area (Å²) in [5.74, 6) is 0.680. The van der Waals surface area contributed by atoms with E-state index in [4.69, 9.17) is 11.6 Å². The van der Waals surface area contributed by atoms with Gasteiger partial charge in [0.15, 0.2) is 0 Å². The Bertz CT molecular complexity index is 438. The Labute approximate surface area is 119 Å². The third-order valence-electron chi connectivity index (χ3n) is 4.55. The van der Waals surface area contributed by atoms with Gasteiger partial charge < -0.3 is 5.32 Å². The molecule has 0 aromatic heterocycles. The largest absolute Gasteiger partial charge is 0.313 e. The fourth-order valence-corrected chi connectivity index (χ4v) is 3.46. The van der Waals surface area contributed by atoms with Crippen LogP contribution >= 0.6 is 11.6 Å². The molecule has 2 fully saturated rings. The molecule has 0 amide bonds. The Morgan fingerprint density at radius 1 is 1.21 bits per heavy atom. The highest BCUT2D eigenvalue weighted by Gasteiger charge is 2.30. The van der Waals surface area contributed by atoms with Crippen molar-refractivity contribution >= 4 is 11.6 Å². The minimum absolute atomic E-state index is 0.210. The van der Waals surface area contributed by atoms with E-state index in [0.29, 0.717) is 12.0 Å². The van der Waals surface area contributed by atoms with Crippen molar-refractivity contribution in [2.45, 2.75) is 50.5 Å². The van der Waals surface area contributed by atoms with Crippen LogP contribution in [0, 0.1) is 11.7 Å². The molecule has 104 valence electrons. The predicted molar refractivity (Wildman–Crippen MR) is 77.1 cm³/mol. The summed E-state index contributed by atoms with van der Waals surface area (Å²) < 4.78 is 14.3. The zero-order valence-electron chi connectivity index (χ0n) is 11.2. The standard InChI is InChI=1S/C16H21ClFN/c17-15-7-3-6-13(16(15)18)14(10-19-12-8-9-12)11-4-1-2-5-11/h3,6-7,11-12,14,19H,1-2,4-5,8-10H2. The van der Waals surface area contributed by atoms with E-state index in [2.05, 4.69) is 5.32 Å². The van der Waals surface area contributed by atoms with Gasteiger partial charge in [-0.05, 0) is 43.2 Å². The molecule has 0 saturated heterocycles. The lowest BCUT2D eigenvalue weighted by molar-refractivity contribution is 0.397. The van der Waals surface area contributed by atoms with Gasteiger partial charge in [-0.15, -0.1) is 0 Å². The van der Waals surface area contributed by atoms with Gasteiger partial charge in [-0.2, -0.15) is 0 Å². The van der Waals surface area contributed by atoms with Crippen LogP contribution in [0.2, 0.25) is 5.02 Å². The smallest absolute Gasteiger partial charge is 0.145 e. The first-order chi connectivity index (χ1) is 9.25. The van der Waals surface area contributed by atoms with E-state index < -0.39 is 0 Å². The van der Waals surface area contributed by atoms with Crippen LogP contribution in [-0.2, 0) is 0 Å². The summed E-state index contributed by atoms with van der Waals surface area (Å²) in [6.07, 6.45) is 7.57. The monoisotopic (exact) mass is 281 g/mol. The zero-order chi connectivity index (χ0) is 13.2. The Morgan fingerprint density at radius 3 is 2.63 bits per heavy atom. The van der Waals surface area contributed by atoms with Gasteiger partial charge in [-0.25, -0.2) is 4.39 Å².